The summed E-state index contributed by atoms with van der Waals surface area (Å²) in [5, 5.41) is 19.0. The summed E-state index contributed by atoms with van der Waals surface area (Å²) in [7, 11) is -10.5. The highest BCUT2D eigenvalue weighted by molar-refractivity contribution is 7.60. The highest BCUT2D eigenvalue weighted by Gasteiger charge is 2.46. The Hall–Kier alpha value is 0.1000. The average Bonchev–Trinajstić information content (AvgIpc) is 2.19. The Labute approximate surface area is 107 Å². The van der Waals surface area contributed by atoms with Crippen LogP contribution in [0.3, 0.4) is 0 Å². The van der Waals surface area contributed by atoms with Crippen LogP contribution in [0.15, 0.2) is 0 Å². The molecule has 1 fully saturated rings. The van der Waals surface area contributed by atoms with Crippen LogP contribution in [-0.4, -0.2) is 55.5 Å². The predicted octanol–water partition coefficient (Wildman–Crippen LogP) is -1.99. The lowest BCUT2D eigenvalue weighted by Gasteiger charge is -2.39. The van der Waals surface area contributed by atoms with Gasteiger partial charge >= 0.3 is 15.6 Å². The molecule has 0 aromatic heterocycles. The van der Waals surface area contributed by atoms with Crippen LogP contribution in [0.25, 0.3) is 0 Å². The molecule has 1 aliphatic rings. The first kappa shape index (κ1) is 17.2. The number of phosphoric acid groups is 2. The molecule has 0 aromatic carbocycles. The number of rotatable bonds is 4. The monoisotopic (exact) mass is 323 g/mol. The van der Waals surface area contributed by atoms with Gasteiger partial charge in [0.25, 0.3) is 0 Å². The van der Waals surface area contributed by atoms with Crippen molar-refractivity contribution in [2.75, 3.05) is 0 Å². The van der Waals surface area contributed by atoms with E-state index in [1.807, 2.05) is 0 Å². The van der Waals surface area contributed by atoms with Crippen LogP contribution in [0, 0.1) is 0 Å². The van der Waals surface area contributed by atoms with E-state index in [9.17, 15) is 19.3 Å². The van der Waals surface area contributed by atoms with Crippen LogP contribution >= 0.6 is 15.6 Å². The molecular formula is C6H15NO10P2. The van der Waals surface area contributed by atoms with Gasteiger partial charge in [0.05, 0.1) is 12.1 Å². The minimum absolute atomic E-state index is 0.835. The first-order valence-electron chi connectivity index (χ1n) is 4.98. The molecule has 0 spiro atoms. The molecule has 0 saturated carbocycles. The minimum atomic E-state index is -5.28. The smallest absolute Gasteiger partial charge is 0.388 e. The van der Waals surface area contributed by atoms with Crippen molar-refractivity contribution >= 4 is 15.6 Å². The summed E-state index contributed by atoms with van der Waals surface area (Å²) in [5.41, 5.74) is 5.46. The highest BCUT2D eigenvalue weighted by Crippen LogP contribution is 2.58. The number of phosphoric ester groups is 1. The van der Waals surface area contributed by atoms with Gasteiger partial charge in [0.15, 0.2) is 6.29 Å². The van der Waals surface area contributed by atoms with Gasteiger partial charge in [-0.1, -0.05) is 0 Å². The fraction of sp³-hybridized carbons (Fsp3) is 1.00. The third kappa shape index (κ3) is 4.85. The molecule has 1 heterocycles. The summed E-state index contributed by atoms with van der Waals surface area (Å²) in [5.74, 6) is 0. The molecular weight excluding hydrogens is 308 g/mol. The number of ether oxygens (including phenoxy) is 1. The van der Waals surface area contributed by atoms with Gasteiger partial charge in [-0.2, -0.15) is 4.31 Å². The fourth-order valence-corrected chi connectivity index (χ4v) is 3.09. The van der Waals surface area contributed by atoms with E-state index < -0.39 is 46.3 Å². The predicted molar refractivity (Wildman–Crippen MR) is 58.4 cm³/mol. The molecule has 1 aliphatic heterocycles. The van der Waals surface area contributed by atoms with Crippen LogP contribution in [0.1, 0.15) is 6.92 Å². The minimum Gasteiger partial charge on any atom is -0.388 e. The Morgan fingerprint density at radius 2 is 1.68 bits per heavy atom. The van der Waals surface area contributed by atoms with Crippen molar-refractivity contribution in [3.63, 3.8) is 0 Å². The van der Waals surface area contributed by atoms with E-state index in [4.69, 9.17) is 25.2 Å². The maximum atomic E-state index is 11.3. The van der Waals surface area contributed by atoms with Crippen molar-refractivity contribution < 1.29 is 47.6 Å². The lowest BCUT2D eigenvalue weighted by Crippen LogP contribution is -2.60. The van der Waals surface area contributed by atoms with E-state index in [1.165, 1.54) is 6.92 Å². The fourth-order valence-electron chi connectivity index (χ4n) is 1.42. The van der Waals surface area contributed by atoms with E-state index in [2.05, 4.69) is 8.83 Å². The number of nitrogens with two attached hydrogens (primary N) is 1. The van der Waals surface area contributed by atoms with Gasteiger partial charge in [0, 0.05) is 0 Å². The Morgan fingerprint density at radius 1 is 1.16 bits per heavy atom. The molecule has 1 unspecified atom stereocenters. The first-order valence-corrected chi connectivity index (χ1v) is 8.01. The normalized spacial score (nSPS) is 39.8. The molecule has 0 bridgehead atoms. The molecule has 114 valence electrons. The molecule has 0 radical (unpaired) electrons. The van der Waals surface area contributed by atoms with Crippen LogP contribution in [-0.2, 0) is 22.7 Å². The summed E-state index contributed by atoms with van der Waals surface area (Å²) in [6.45, 7) is 1.41. The SMILES string of the molecule is C[C@H]1O[C@H](OP(=O)(O)OP(=O)(O)O)[C@H](O)[C@@H](O)[C@@H]1N. The standard InChI is InChI=1S/C6H15NO10P2/c1-2-3(7)4(8)5(9)6(15-2)16-19(13,14)17-18(10,11)12/h2-6,8-9H,7H2,1H3,(H,13,14)(H2,10,11,12)/t2-,3-,4+,5-,6-/m1/s1. The lowest BCUT2D eigenvalue weighted by atomic mass is 9.98. The van der Waals surface area contributed by atoms with Crippen molar-refractivity contribution in [1.29, 1.82) is 0 Å². The van der Waals surface area contributed by atoms with Gasteiger partial charge in [-0.3, -0.25) is 4.52 Å². The second-order valence-electron chi connectivity index (χ2n) is 3.91. The third-order valence-corrected chi connectivity index (χ3v) is 4.51. The van der Waals surface area contributed by atoms with E-state index in [1.54, 1.807) is 0 Å². The quantitative estimate of drug-likeness (QED) is 0.314. The number of aliphatic hydroxyl groups excluding tert-OH is 2. The lowest BCUT2D eigenvalue weighted by molar-refractivity contribution is -0.242. The van der Waals surface area contributed by atoms with Crippen molar-refractivity contribution in [1.82, 2.24) is 0 Å². The zero-order chi connectivity index (χ0) is 15.0. The van der Waals surface area contributed by atoms with Crippen LogP contribution in [0.2, 0.25) is 0 Å². The van der Waals surface area contributed by atoms with Crippen LogP contribution in [0.5, 0.6) is 0 Å². The Bertz CT molecular complexity index is 411. The molecule has 0 aromatic rings. The maximum Gasteiger partial charge on any atom is 0.483 e. The number of hydrogen-bond acceptors (Lipinski definition) is 8. The summed E-state index contributed by atoms with van der Waals surface area (Å²) >= 11 is 0. The second kappa shape index (κ2) is 5.84. The molecule has 13 heteroatoms. The van der Waals surface area contributed by atoms with Gasteiger partial charge in [-0.05, 0) is 6.92 Å². The zero-order valence-corrected chi connectivity index (χ0v) is 11.4. The van der Waals surface area contributed by atoms with Gasteiger partial charge in [-0.25, -0.2) is 9.13 Å². The molecule has 7 N–H and O–H groups in total. The Balaban J connectivity index is 2.76. The Morgan fingerprint density at radius 3 is 2.16 bits per heavy atom. The topological polar surface area (TPSA) is 189 Å². The average molecular weight is 323 g/mol. The molecule has 0 aliphatic carbocycles. The molecule has 6 atom stereocenters. The largest absolute Gasteiger partial charge is 0.483 e. The van der Waals surface area contributed by atoms with Gasteiger partial charge in [0.1, 0.15) is 12.2 Å². The van der Waals surface area contributed by atoms with Gasteiger partial charge in [0.2, 0.25) is 0 Å². The van der Waals surface area contributed by atoms with Gasteiger partial charge < -0.3 is 35.4 Å². The summed E-state index contributed by atoms with van der Waals surface area (Å²) in [4.78, 5) is 25.9. The molecule has 1 saturated heterocycles. The van der Waals surface area contributed by atoms with E-state index in [-0.39, 0.29) is 0 Å². The van der Waals surface area contributed by atoms with Crippen LogP contribution < -0.4 is 5.73 Å². The van der Waals surface area contributed by atoms with E-state index >= 15 is 0 Å². The van der Waals surface area contributed by atoms with Crippen molar-refractivity contribution in [2.24, 2.45) is 5.73 Å². The van der Waals surface area contributed by atoms with Gasteiger partial charge in [-0.15, -0.1) is 0 Å². The van der Waals surface area contributed by atoms with E-state index in [0.717, 1.165) is 0 Å². The second-order valence-corrected chi connectivity index (χ2v) is 6.70. The number of aliphatic hydroxyl groups is 2. The maximum absolute atomic E-state index is 11.3. The highest BCUT2D eigenvalue weighted by atomic mass is 31.3. The summed E-state index contributed by atoms with van der Waals surface area (Å²) < 4.78 is 34.4. The van der Waals surface area contributed by atoms with Crippen molar-refractivity contribution in [3.05, 3.63) is 0 Å². The van der Waals surface area contributed by atoms with Crippen molar-refractivity contribution in [3.8, 4) is 0 Å². The van der Waals surface area contributed by atoms with Crippen molar-refractivity contribution in [2.45, 2.75) is 37.6 Å². The summed E-state index contributed by atoms with van der Waals surface area (Å²) in [6, 6.07) is -0.962. The van der Waals surface area contributed by atoms with E-state index in [0.29, 0.717) is 0 Å². The number of hydrogen-bond donors (Lipinski definition) is 6. The molecule has 0 amide bonds. The molecule has 11 nitrogen and oxygen atoms in total. The zero-order valence-electron chi connectivity index (χ0n) is 9.64. The summed E-state index contributed by atoms with van der Waals surface area (Å²) in [6.07, 6.45) is -5.96. The Kier molecular flexibility index (Phi) is 5.27. The molecule has 19 heavy (non-hydrogen) atoms. The first-order chi connectivity index (χ1) is 8.43. The molecule has 1 rings (SSSR count). The van der Waals surface area contributed by atoms with Crippen LogP contribution in [0.4, 0.5) is 0 Å². The third-order valence-electron chi connectivity index (χ3n) is 2.36.